The number of aromatic nitrogens is 3. The van der Waals surface area contributed by atoms with Crippen molar-refractivity contribution in [3.05, 3.63) is 35.9 Å². The molecule has 1 fully saturated rings. The molecule has 0 saturated carbocycles. The summed E-state index contributed by atoms with van der Waals surface area (Å²) in [5, 5.41) is 7.97. The molecule has 0 aliphatic carbocycles. The summed E-state index contributed by atoms with van der Waals surface area (Å²) in [5.41, 5.74) is 1.30. The number of nitrogens with one attached hydrogen (secondary N) is 1. The molecule has 2 aliphatic heterocycles. The topological polar surface area (TPSA) is 108 Å². The molecule has 0 aromatic carbocycles. The zero-order valence-corrected chi connectivity index (χ0v) is 20.1. The number of carbonyl (C=O) groups is 1. The monoisotopic (exact) mass is 507 g/mol. The molecule has 2 aromatic heterocycles. The third-order valence-corrected chi connectivity index (χ3v) is 5.86. The van der Waals surface area contributed by atoms with Crippen molar-refractivity contribution < 1.29 is 27.4 Å². The van der Waals surface area contributed by atoms with Gasteiger partial charge in [-0.3, -0.25) is 15.1 Å². The molecular weight excluding hydrogens is 479 g/mol. The van der Waals surface area contributed by atoms with Gasteiger partial charge >= 0.3 is 6.18 Å². The number of aryl methyl sites for hydroxylation is 1. The molecule has 13 heteroatoms. The van der Waals surface area contributed by atoms with Crippen LogP contribution < -0.4 is 9.80 Å². The molecule has 0 bridgehead atoms. The zero-order chi connectivity index (χ0) is 25.9. The number of fused-ring (bicyclic) bond motifs is 1. The van der Waals surface area contributed by atoms with Crippen LogP contribution in [0.2, 0.25) is 0 Å². The van der Waals surface area contributed by atoms with Gasteiger partial charge in [0.2, 0.25) is 5.91 Å². The van der Waals surface area contributed by atoms with E-state index in [1.165, 1.54) is 4.90 Å². The van der Waals surface area contributed by atoms with Crippen LogP contribution in [0.1, 0.15) is 31.7 Å². The van der Waals surface area contributed by atoms with E-state index >= 15 is 0 Å². The SMILES string of the molecule is CC(C)N(CC(F)(F)F)C(=N)OCc1ncc2c(n1)N(c1ccc(N3CCOCC3)nc1)C(=O)CC2. The standard InChI is InChI=1S/C23H28F3N7O3/c1-15(2)32(14-23(24,25)26)22(27)36-13-18-28-11-16-3-6-20(34)33(21(16)30-18)17-4-5-19(29-12-17)31-7-9-35-10-8-31/h4-5,11-12,15,27H,3,6-10,13-14H2,1-2H3. The van der Waals surface area contributed by atoms with Crippen LogP contribution in [0.5, 0.6) is 0 Å². The van der Waals surface area contributed by atoms with Crippen molar-refractivity contribution in [2.24, 2.45) is 0 Å². The Hall–Kier alpha value is -3.48. The first-order valence-electron chi connectivity index (χ1n) is 11.6. The third-order valence-electron chi connectivity index (χ3n) is 5.86. The number of anilines is 3. The second-order valence-corrected chi connectivity index (χ2v) is 8.77. The predicted octanol–water partition coefficient (Wildman–Crippen LogP) is 3.04. The maximum absolute atomic E-state index is 12.9. The molecule has 0 radical (unpaired) electrons. The smallest absolute Gasteiger partial charge is 0.406 e. The van der Waals surface area contributed by atoms with Crippen LogP contribution in [-0.2, 0) is 27.3 Å². The Labute approximate surface area is 206 Å². The number of amidine groups is 1. The Morgan fingerprint density at radius 2 is 1.94 bits per heavy atom. The van der Waals surface area contributed by atoms with Crippen molar-refractivity contribution in [1.82, 2.24) is 19.9 Å². The van der Waals surface area contributed by atoms with Gasteiger partial charge in [-0.1, -0.05) is 0 Å². The number of rotatable bonds is 6. The van der Waals surface area contributed by atoms with Gasteiger partial charge in [-0.05, 0) is 32.4 Å². The van der Waals surface area contributed by atoms with Crippen molar-refractivity contribution in [3.63, 3.8) is 0 Å². The number of pyridine rings is 1. The third kappa shape index (κ3) is 6.01. The average molecular weight is 508 g/mol. The molecule has 1 N–H and O–H groups in total. The number of morpholine rings is 1. The molecule has 1 saturated heterocycles. The fourth-order valence-electron chi connectivity index (χ4n) is 4.00. The molecule has 1 amide bonds. The number of halogens is 3. The average Bonchev–Trinajstić information content (AvgIpc) is 2.85. The number of amides is 1. The summed E-state index contributed by atoms with van der Waals surface area (Å²) in [6.07, 6.45) is -0.538. The van der Waals surface area contributed by atoms with Crippen LogP contribution in [0.25, 0.3) is 0 Å². The van der Waals surface area contributed by atoms with Gasteiger partial charge in [0.05, 0.1) is 25.1 Å². The van der Waals surface area contributed by atoms with Gasteiger partial charge in [-0.15, -0.1) is 0 Å². The van der Waals surface area contributed by atoms with E-state index in [2.05, 4.69) is 19.9 Å². The van der Waals surface area contributed by atoms with Crippen molar-refractivity contribution in [2.75, 3.05) is 42.6 Å². The van der Waals surface area contributed by atoms with Crippen LogP contribution in [0.15, 0.2) is 24.5 Å². The molecule has 0 atom stereocenters. The molecule has 194 valence electrons. The number of nitrogens with zero attached hydrogens (tertiary/aromatic N) is 6. The van der Waals surface area contributed by atoms with E-state index in [-0.39, 0.29) is 24.8 Å². The van der Waals surface area contributed by atoms with Crippen LogP contribution in [-0.4, -0.2) is 76.8 Å². The van der Waals surface area contributed by atoms with Gasteiger partial charge in [0.25, 0.3) is 6.02 Å². The Kier molecular flexibility index (Phi) is 7.57. The van der Waals surface area contributed by atoms with E-state index in [1.807, 2.05) is 6.07 Å². The summed E-state index contributed by atoms with van der Waals surface area (Å²) in [6, 6.07) is 2.43. The summed E-state index contributed by atoms with van der Waals surface area (Å²) in [5.74, 6) is 1.16. The maximum Gasteiger partial charge on any atom is 0.406 e. The molecule has 0 spiro atoms. The van der Waals surface area contributed by atoms with Gasteiger partial charge < -0.3 is 19.3 Å². The lowest BCUT2D eigenvalue weighted by Crippen LogP contribution is -2.44. The van der Waals surface area contributed by atoms with Gasteiger partial charge in [-0.2, -0.15) is 13.2 Å². The highest BCUT2D eigenvalue weighted by Crippen LogP contribution is 2.33. The van der Waals surface area contributed by atoms with Crippen molar-refractivity contribution >= 4 is 29.3 Å². The van der Waals surface area contributed by atoms with Crippen molar-refractivity contribution in [2.45, 2.75) is 45.5 Å². The predicted molar refractivity (Wildman–Crippen MR) is 125 cm³/mol. The molecule has 0 unspecified atom stereocenters. The van der Waals surface area contributed by atoms with E-state index in [9.17, 15) is 18.0 Å². The van der Waals surface area contributed by atoms with E-state index < -0.39 is 24.8 Å². The number of hydrogen-bond donors (Lipinski definition) is 1. The quantitative estimate of drug-likeness (QED) is 0.470. The first-order chi connectivity index (χ1) is 17.1. The second kappa shape index (κ2) is 10.6. The summed E-state index contributed by atoms with van der Waals surface area (Å²) in [6.45, 7) is 4.20. The fourth-order valence-corrected chi connectivity index (χ4v) is 4.00. The minimum Gasteiger partial charge on any atom is -0.457 e. The molecular formula is C23H28F3N7O3. The van der Waals surface area contributed by atoms with Crippen LogP contribution >= 0.6 is 0 Å². The van der Waals surface area contributed by atoms with E-state index in [0.29, 0.717) is 31.1 Å². The Morgan fingerprint density at radius 3 is 2.58 bits per heavy atom. The number of ether oxygens (including phenoxy) is 2. The van der Waals surface area contributed by atoms with Gasteiger partial charge in [0.1, 0.15) is 18.2 Å². The normalized spacial score (nSPS) is 16.2. The number of hydrogen-bond acceptors (Lipinski definition) is 8. The molecule has 10 nitrogen and oxygen atoms in total. The molecule has 4 rings (SSSR count). The molecule has 2 aromatic rings. The second-order valence-electron chi connectivity index (χ2n) is 8.77. The lowest BCUT2D eigenvalue weighted by molar-refractivity contribution is -0.142. The first-order valence-corrected chi connectivity index (χ1v) is 11.6. The van der Waals surface area contributed by atoms with Crippen molar-refractivity contribution in [3.8, 4) is 0 Å². The van der Waals surface area contributed by atoms with Gasteiger partial charge in [0, 0.05) is 37.3 Å². The molecule has 2 aliphatic rings. The molecule has 4 heterocycles. The zero-order valence-electron chi connectivity index (χ0n) is 20.1. The summed E-state index contributed by atoms with van der Waals surface area (Å²) >= 11 is 0. The van der Waals surface area contributed by atoms with Crippen LogP contribution in [0.4, 0.5) is 30.5 Å². The molecule has 36 heavy (non-hydrogen) atoms. The van der Waals surface area contributed by atoms with Crippen molar-refractivity contribution in [1.29, 1.82) is 5.41 Å². The minimum atomic E-state index is -4.48. The van der Waals surface area contributed by atoms with E-state index in [4.69, 9.17) is 14.9 Å². The van der Waals surface area contributed by atoms with Gasteiger partial charge in [0.15, 0.2) is 12.4 Å². The highest BCUT2D eigenvalue weighted by molar-refractivity contribution is 6.01. The van der Waals surface area contributed by atoms with E-state index in [0.717, 1.165) is 29.4 Å². The lowest BCUT2D eigenvalue weighted by Gasteiger charge is -2.30. The van der Waals surface area contributed by atoms with Gasteiger partial charge in [-0.25, -0.2) is 15.0 Å². The first kappa shape index (κ1) is 25.6. The largest absolute Gasteiger partial charge is 0.457 e. The summed E-state index contributed by atoms with van der Waals surface area (Å²) in [4.78, 5) is 30.4. The Bertz CT molecular complexity index is 1090. The Morgan fingerprint density at radius 1 is 1.19 bits per heavy atom. The highest BCUT2D eigenvalue weighted by atomic mass is 19.4. The Balaban J connectivity index is 1.51. The summed E-state index contributed by atoms with van der Waals surface area (Å²) < 4.78 is 49.3. The van der Waals surface area contributed by atoms with E-state index in [1.54, 1.807) is 32.3 Å². The van der Waals surface area contributed by atoms with Crippen LogP contribution in [0, 0.1) is 5.41 Å². The maximum atomic E-state index is 12.9. The lowest BCUT2D eigenvalue weighted by atomic mass is 10.1. The highest BCUT2D eigenvalue weighted by Gasteiger charge is 2.34. The minimum absolute atomic E-state index is 0.145. The number of carbonyl (C=O) groups excluding carboxylic acids is 1. The van der Waals surface area contributed by atoms with Crippen LogP contribution in [0.3, 0.4) is 0 Å². The fraction of sp³-hybridized carbons (Fsp3) is 0.522. The number of alkyl halides is 3. The summed E-state index contributed by atoms with van der Waals surface area (Å²) in [7, 11) is 0.